The largest absolute Gasteiger partial charge is 0.368 e. The molecule has 0 unspecified atom stereocenters. The molecule has 5 nitrogen and oxygen atoms in total. The van der Waals surface area contributed by atoms with Gasteiger partial charge in [-0.25, -0.2) is 4.90 Å². The summed E-state index contributed by atoms with van der Waals surface area (Å²) in [6.07, 6.45) is 0. The summed E-state index contributed by atoms with van der Waals surface area (Å²) in [6, 6.07) is 18.7. The van der Waals surface area contributed by atoms with Crippen LogP contribution in [-0.2, 0) is 0 Å². The van der Waals surface area contributed by atoms with Crippen molar-refractivity contribution in [2.45, 2.75) is 0 Å². The molecule has 0 radical (unpaired) electrons. The maximum atomic E-state index is 13.2. The lowest BCUT2D eigenvalue weighted by molar-refractivity contribution is 0.0893. The van der Waals surface area contributed by atoms with Crippen LogP contribution < -0.4 is 15.1 Å². The van der Waals surface area contributed by atoms with Gasteiger partial charge in [-0.2, -0.15) is 0 Å². The van der Waals surface area contributed by atoms with Crippen molar-refractivity contribution in [1.82, 2.24) is 5.32 Å². The molecule has 0 aromatic heterocycles. The Labute approximate surface area is 157 Å². The summed E-state index contributed by atoms with van der Waals surface area (Å²) in [5.41, 5.74) is 2.86. The number of benzene rings is 3. The van der Waals surface area contributed by atoms with E-state index < -0.39 is 0 Å². The molecule has 1 saturated heterocycles. The second-order valence-corrected chi connectivity index (χ2v) is 6.88. The predicted octanol–water partition coefficient (Wildman–Crippen LogP) is 3.05. The Morgan fingerprint density at radius 2 is 1.44 bits per heavy atom. The van der Waals surface area contributed by atoms with Gasteiger partial charge in [0, 0.05) is 53.8 Å². The van der Waals surface area contributed by atoms with E-state index in [0.717, 1.165) is 42.6 Å². The fourth-order valence-corrected chi connectivity index (χ4v) is 4.07. The SMILES string of the molecule is O=C1c2cccc3c(N4CCNCC4)ccc(c23)C(=O)N1c1ccccc1. The van der Waals surface area contributed by atoms with E-state index >= 15 is 0 Å². The molecule has 0 spiro atoms. The highest BCUT2D eigenvalue weighted by Crippen LogP contribution is 2.37. The zero-order valence-corrected chi connectivity index (χ0v) is 14.8. The number of nitrogens with zero attached hydrogens (tertiary/aromatic N) is 2. The van der Waals surface area contributed by atoms with E-state index in [1.54, 1.807) is 12.1 Å². The minimum absolute atomic E-state index is 0.262. The Bertz CT molecular complexity index is 1030. The quantitative estimate of drug-likeness (QED) is 0.716. The van der Waals surface area contributed by atoms with Crippen LogP contribution in [0.5, 0.6) is 0 Å². The first-order valence-electron chi connectivity index (χ1n) is 9.21. The summed E-state index contributed by atoms with van der Waals surface area (Å²) in [5, 5.41) is 5.11. The normalized spacial score (nSPS) is 16.9. The van der Waals surface area contributed by atoms with E-state index in [-0.39, 0.29) is 11.8 Å². The zero-order valence-electron chi connectivity index (χ0n) is 14.8. The van der Waals surface area contributed by atoms with Crippen LogP contribution >= 0.6 is 0 Å². The number of rotatable bonds is 2. The van der Waals surface area contributed by atoms with E-state index in [0.29, 0.717) is 16.8 Å². The molecule has 1 fully saturated rings. The lowest BCUT2D eigenvalue weighted by Crippen LogP contribution is -2.44. The molecule has 2 aliphatic rings. The topological polar surface area (TPSA) is 52.7 Å². The van der Waals surface area contributed by atoms with Crippen LogP contribution in [0, 0.1) is 0 Å². The molecule has 3 aromatic rings. The van der Waals surface area contributed by atoms with Crippen molar-refractivity contribution in [1.29, 1.82) is 0 Å². The Hall–Kier alpha value is -3.18. The van der Waals surface area contributed by atoms with Crippen LogP contribution in [0.25, 0.3) is 10.8 Å². The summed E-state index contributed by atoms with van der Waals surface area (Å²) in [7, 11) is 0. The maximum absolute atomic E-state index is 13.2. The predicted molar refractivity (Wildman–Crippen MR) is 107 cm³/mol. The Morgan fingerprint density at radius 1 is 0.741 bits per heavy atom. The molecule has 5 rings (SSSR count). The van der Waals surface area contributed by atoms with Gasteiger partial charge in [-0.15, -0.1) is 0 Å². The minimum Gasteiger partial charge on any atom is -0.368 e. The molecule has 5 heteroatoms. The smallest absolute Gasteiger partial charge is 0.265 e. The molecule has 0 bridgehead atoms. The van der Waals surface area contributed by atoms with Gasteiger partial charge in [0.1, 0.15) is 0 Å². The molecular formula is C22H19N3O2. The standard InChI is InChI=1S/C22H19N3O2/c26-21-17-8-4-7-16-19(24-13-11-23-12-14-24)10-9-18(20(16)17)22(27)25(21)15-5-2-1-3-6-15/h1-10,23H,11-14H2. The number of para-hydroxylation sites is 1. The Kier molecular flexibility index (Phi) is 3.69. The third-order valence-electron chi connectivity index (χ3n) is 5.36. The molecule has 0 aliphatic carbocycles. The third kappa shape index (κ3) is 2.43. The van der Waals surface area contributed by atoms with Crippen LogP contribution in [0.4, 0.5) is 11.4 Å². The Balaban J connectivity index is 1.70. The van der Waals surface area contributed by atoms with Crippen LogP contribution in [0.1, 0.15) is 20.7 Å². The second kappa shape index (κ2) is 6.21. The molecule has 2 amide bonds. The molecular weight excluding hydrogens is 338 g/mol. The number of piperazine rings is 1. The van der Waals surface area contributed by atoms with E-state index in [4.69, 9.17) is 0 Å². The summed E-state index contributed by atoms with van der Waals surface area (Å²) in [4.78, 5) is 30.0. The van der Waals surface area contributed by atoms with Crippen molar-refractivity contribution in [2.75, 3.05) is 36.0 Å². The number of imide groups is 1. The van der Waals surface area contributed by atoms with E-state index in [2.05, 4.69) is 10.2 Å². The van der Waals surface area contributed by atoms with Crippen molar-refractivity contribution in [3.63, 3.8) is 0 Å². The first-order chi connectivity index (χ1) is 13.3. The average Bonchev–Trinajstić information content (AvgIpc) is 2.73. The van der Waals surface area contributed by atoms with Gasteiger partial charge in [-0.3, -0.25) is 9.59 Å². The maximum Gasteiger partial charge on any atom is 0.265 e. The van der Waals surface area contributed by atoms with Crippen molar-refractivity contribution in [2.24, 2.45) is 0 Å². The van der Waals surface area contributed by atoms with Gasteiger partial charge in [0.15, 0.2) is 0 Å². The molecule has 2 heterocycles. The van der Waals surface area contributed by atoms with E-state index in [1.165, 1.54) is 4.90 Å². The first kappa shape index (κ1) is 16.0. The number of carbonyl (C=O) groups excluding carboxylic acids is 2. The number of hydrogen-bond acceptors (Lipinski definition) is 4. The van der Waals surface area contributed by atoms with Gasteiger partial charge in [-0.05, 0) is 30.3 Å². The lowest BCUT2D eigenvalue weighted by Gasteiger charge is -2.32. The van der Waals surface area contributed by atoms with Gasteiger partial charge < -0.3 is 10.2 Å². The number of amides is 2. The number of hydrogen-bond donors (Lipinski definition) is 1. The van der Waals surface area contributed by atoms with Gasteiger partial charge in [-0.1, -0.05) is 30.3 Å². The van der Waals surface area contributed by atoms with Crippen molar-refractivity contribution in [3.05, 3.63) is 71.8 Å². The fraction of sp³-hybridized carbons (Fsp3) is 0.182. The number of anilines is 2. The summed E-state index contributed by atoms with van der Waals surface area (Å²) >= 11 is 0. The highest BCUT2D eigenvalue weighted by atomic mass is 16.2. The van der Waals surface area contributed by atoms with Gasteiger partial charge in [0.2, 0.25) is 0 Å². The lowest BCUT2D eigenvalue weighted by atomic mass is 9.92. The Morgan fingerprint density at radius 3 is 2.19 bits per heavy atom. The van der Waals surface area contributed by atoms with Gasteiger partial charge >= 0.3 is 0 Å². The number of carbonyl (C=O) groups is 2. The fourth-order valence-electron chi connectivity index (χ4n) is 4.07. The van der Waals surface area contributed by atoms with Crippen molar-refractivity contribution < 1.29 is 9.59 Å². The van der Waals surface area contributed by atoms with Crippen LogP contribution in [0.3, 0.4) is 0 Å². The van der Waals surface area contributed by atoms with Crippen LogP contribution in [0.15, 0.2) is 60.7 Å². The molecule has 3 aromatic carbocycles. The second-order valence-electron chi connectivity index (χ2n) is 6.88. The van der Waals surface area contributed by atoms with Crippen molar-refractivity contribution in [3.8, 4) is 0 Å². The molecule has 134 valence electrons. The highest BCUT2D eigenvalue weighted by Gasteiger charge is 2.34. The first-order valence-corrected chi connectivity index (χ1v) is 9.21. The van der Waals surface area contributed by atoms with E-state index in [9.17, 15) is 9.59 Å². The van der Waals surface area contributed by atoms with Crippen LogP contribution in [-0.4, -0.2) is 38.0 Å². The molecule has 2 aliphatic heterocycles. The third-order valence-corrected chi connectivity index (χ3v) is 5.36. The van der Waals surface area contributed by atoms with E-state index in [1.807, 2.05) is 48.5 Å². The van der Waals surface area contributed by atoms with Crippen molar-refractivity contribution >= 4 is 34.0 Å². The minimum atomic E-state index is -0.262. The van der Waals surface area contributed by atoms with Gasteiger partial charge in [0.05, 0.1) is 5.69 Å². The summed E-state index contributed by atoms with van der Waals surface area (Å²) in [6.45, 7) is 3.69. The van der Waals surface area contributed by atoms with Crippen LogP contribution in [0.2, 0.25) is 0 Å². The van der Waals surface area contributed by atoms with Gasteiger partial charge in [0.25, 0.3) is 11.8 Å². The molecule has 0 atom stereocenters. The highest BCUT2D eigenvalue weighted by molar-refractivity contribution is 6.36. The number of nitrogens with one attached hydrogen (secondary N) is 1. The zero-order chi connectivity index (χ0) is 18.4. The average molecular weight is 357 g/mol. The monoisotopic (exact) mass is 357 g/mol. The molecule has 1 N–H and O–H groups in total. The molecule has 27 heavy (non-hydrogen) atoms. The summed E-state index contributed by atoms with van der Waals surface area (Å²) in [5.74, 6) is -0.525. The molecule has 0 saturated carbocycles. The summed E-state index contributed by atoms with van der Waals surface area (Å²) < 4.78 is 0.